The molecule has 3 aromatic carbocycles. The van der Waals surface area contributed by atoms with Gasteiger partial charge in [-0.05, 0) is 37.3 Å². The molecule has 0 bridgehead atoms. The third-order valence-electron chi connectivity index (χ3n) is 4.36. The predicted octanol–water partition coefficient (Wildman–Crippen LogP) is 3.97. The van der Waals surface area contributed by atoms with Gasteiger partial charge < -0.3 is 10.1 Å². The Bertz CT molecular complexity index is 1120. The Hall–Kier alpha value is -4.24. The molecule has 1 atom stereocenters. The normalized spacial score (nSPS) is 11.1. The molecule has 0 aliphatic rings. The molecule has 3 aromatic rings. The number of ether oxygens (including phenoxy) is 1. The van der Waals surface area contributed by atoms with Crippen molar-refractivity contribution in [2.45, 2.75) is 13.0 Å². The van der Waals surface area contributed by atoms with Crippen LogP contribution >= 0.6 is 0 Å². The second kappa shape index (κ2) is 9.30. The van der Waals surface area contributed by atoms with E-state index in [9.17, 15) is 14.4 Å². The van der Waals surface area contributed by atoms with Gasteiger partial charge in [-0.1, -0.05) is 48.5 Å². The summed E-state index contributed by atoms with van der Waals surface area (Å²) >= 11 is 0. The van der Waals surface area contributed by atoms with Gasteiger partial charge in [-0.3, -0.25) is 9.59 Å². The van der Waals surface area contributed by atoms with Crippen LogP contribution < -0.4 is 5.32 Å². The first kappa shape index (κ1) is 20.5. The zero-order valence-corrected chi connectivity index (χ0v) is 16.2. The molecule has 1 amide bonds. The van der Waals surface area contributed by atoms with Crippen LogP contribution in [0.5, 0.6) is 0 Å². The zero-order chi connectivity index (χ0) is 21.5. The lowest BCUT2D eigenvalue weighted by molar-refractivity contribution is -0.123. The molecule has 6 heteroatoms. The SMILES string of the molecule is C[C@@H](OC(=O)c1ccccc1C(=O)c1ccccc1)C(=O)Nc1ccc(C#N)cc1. The third-order valence-corrected chi connectivity index (χ3v) is 4.36. The molecule has 0 spiro atoms. The van der Waals surface area contributed by atoms with E-state index in [-0.39, 0.29) is 16.9 Å². The molecule has 0 fully saturated rings. The molecular weight excluding hydrogens is 380 g/mol. The maximum Gasteiger partial charge on any atom is 0.339 e. The van der Waals surface area contributed by atoms with E-state index in [0.717, 1.165) is 0 Å². The highest BCUT2D eigenvalue weighted by Gasteiger charge is 2.23. The van der Waals surface area contributed by atoms with E-state index in [1.807, 2.05) is 6.07 Å². The van der Waals surface area contributed by atoms with Crippen LogP contribution in [-0.2, 0) is 9.53 Å². The number of rotatable bonds is 6. The quantitative estimate of drug-likeness (QED) is 0.501. The van der Waals surface area contributed by atoms with Crippen LogP contribution in [0, 0.1) is 11.3 Å². The molecule has 30 heavy (non-hydrogen) atoms. The van der Waals surface area contributed by atoms with Gasteiger partial charge in [0.05, 0.1) is 17.2 Å². The van der Waals surface area contributed by atoms with Crippen LogP contribution in [0.15, 0.2) is 78.9 Å². The maximum absolute atomic E-state index is 12.8. The van der Waals surface area contributed by atoms with Gasteiger partial charge in [-0.15, -0.1) is 0 Å². The molecule has 0 radical (unpaired) electrons. The summed E-state index contributed by atoms with van der Waals surface area (Å²) in [7, 11) is 0. The van der Waals surface area contributed by atoms with Crippen molar-refractivity contribution in [3.63, 3.8) is 0 Å². The van der Waals surface area contributed by atoms with Crippen molar-refractivity contribution in [3.8, 4) is 6.07 Å². The zero-order valence-electron chi connectivity index (χ0n) is 16.2. The average Bonchev–Trinajstić information content (AvgIpc) is 2.79. The van der Waals surface area contributed by atoms with Crippen molar-refractivity contribution in [1.29, 1.82) is 5.26 Å². The first-order chi connectivity index (χ1) is 14.5. The summed E-state index contributed by atoms with van der Waals surface area (Å²) in [4.78, 5) is 37.8. The standard InChI is InChI=1S/C24H18N2O4/c1-16(23(28)26-19-13-11-17(15-25)12-14-19)30-24(29)21-10-6-5-9-20(21)22(27)18-7-3-2-4-8-18/h2-14,16H,1H3,(H,26,28)/t16-/m1/s1. The van der Waals surface area contributed by atoms with Gasteiger partial charge in [-0.25, -0.2) is 4.79 Å². The fraction of sp³-hybridized carbons (Fsp3) is 0.0833. The van der Waals surface area contributed by atoms with Crippen LogP contribution in [0.2, 0.25) is 0 Å². The lowest BCUT2D eigenvalue weighted by atomic mass is 9.98. The second-order valence-corrected chi connectivity index (χ2v) is 6.47. The summed E-state index contributed by atoms with van der Waals surface area (Å²) in [6.07, 6.45) is -1.09. The number of hydrogen-bond donors (Lipinski definition) is 1. The monoisotopic (exact) mass is 398 g/mol. The minimum Gasteiger partial charge on any atom is -0.449 e. The fourth-order valence-corrected chi connectivity index (χ4v) is 2.75. The summed E-state index contributed by atoms with van der Waals surface area (Å²) in [6, 6.07) is 23.2. The number of nitrogens with zero attached hydrogens (tertiary/aromatic N) is 1. The van der Waals surface area contributed by atoms with Gasteiger partial charge in [0.1, 0.15) is 0 Å². The third kappa shape index (κ3) is 4.78. The first-order valence-electron chi connectivity index (χ1n) is 9.20. The highest BCUT2D eigenvalue weighted by Crippen LogP contribution is 2.17. The van der Waals surface area contributed by atoms with E-state index in [0.29, 0.717) is 16.8 Å². The van der Waals surface area contributed by atoms with Gasteiger partial charge in [0.2, 0.25) is 0 Å². The number of carbonyl (C=O) groups excluding carboxylic acids is 3. The summed E-state index contributed by atoms with van der Waals surface area (Å²) in [6.45, 7) is 1.44. The van der Waals surface area contributed by atoms with E-state index in [1.54, 1.807) is 72.8 Å². The molecule has 6 nitrogen and oxygen atoms in total. The Labute approximate surface area is 173 Å². The highest BCUT2D eigenvalue weighted by molar-refractivity contribution is 6.14. The van der Waals surface area contributed by atoms with Crippen molar-refractivity contribution >= 4 is 23.3 Å². The summed E-state index contributed by atoms with van der Waals surface area (Å²) in [5.74, 6) is -1.60. The fourth-order valence-electron chi connectivity index (χ4n) is 2.75. The average molecular weight is 398 g/mol. The minimum absolute atomic E-state index is 0.0874. The van der Waals surface area contributed by atoms with Crippen LogP contribution in [0.1, 0.15) is 38.8 Å². The molecule has 0 aromatic heterocycles. The molecule has 0 aliphatic carbocycles. The van der Waals surface area contributed by atoms with Crippen LogP contribution in [0.4, 0.5) is 5.69 Å². The number of anilines is 1. The molecule has 0 saturated heterocycles. The number of nitrogens with one attached hydrogen (secondary N) is 1. The Morgan fingerprint density at radius 1 is 0.867 bits per heavy atom. The van der Waals surface area contributed by atoms with Gasteiger partial charge >= 0.3 is 5.97 Å². The highest BCUT2D eigenvalue weighted by atomic mass is 16.5. The van der Waals surface area contributed by atoms with Gasteiger partial charge in [0.25, 0.3) is 5.91 Å². The number of ketones is 1. The number of carbonyl (C=O) groups is 3. The smallest absolute Gasteiger partial charge is 0.339 e. The maximum atomic E-state index is 12.8. The van der Waals surface area contributed by atoms with Crippen LogP contribution in [0.25, 0.3) is 0 Å². The molecule has 0 saturated carbocycles. The summed E-state index contributed by atoms with van der Waals surface area (Å²) in [5.41, 5.74) is 1.68. The molecule has 0 unspecified atom stereocenters. The predicted molar refractivity (Wildman–Crippen MR) is 111 cm³/mol. The number of hydrogen-bond acceptors (Lipinski definition) is 5. The van der Waals surface area contributed by atoms with E-state index in [1.165, 1.54) is 13.0 Å². The van der Waals surface area contributed by atoms with Gasteiger partial charge in [0, 0.05) is 16.8 Å². The van der Waals surface area contributed by atoms with Crippen molar-refractivity contribution in [2.75, 3.05) is 5.32 Å². The Balaban J connectivity index is 1.72. The molecular formula is C24H18N2O4. The van der Waals surface area contributed by atoms with E-state index >= 15 is 0 Å². The summed E-state index contributed by atoms with van der Waals surface area (Å²) < 4.78 is 5.29. The Morgan fingerprint density at radius 2 is 1.47 bits per heavy atom. The van der Waals surface area contributed by atoms with Crippen LogP contribution in [0.3, 0.4) is 0 Å². The van der Waals surface area contributed by atoms with E-state index < -0.39 is 18.0 Å². The first-order valence-corrected chi connectivity index (χ1v) is 9.20. The minimum atomic E-state index is -1.09. The number of nitriles is 1. The molecule has 1 N–H and O–H groups in total. The molecule has 0 heterocycles. The number of esters is 1. The van der Waals surface area contributed by atoms with E-state index in [2.05, 4.69) is 5.32 Å². The molecule has 148 valence electrons. The summed E-state index contributed by atoms with van der Waals surface area (Å²) in [5, 5.41) is 11.4. The largest absolute Gasteiger partial charge is 0.449 e. The van der Waals surface area contributed by atoms with Crippen molar-refractivity contribution in [1.82, 2.24) is 0 Å². The van der Waals surface area contributed by atoms with Gasteiger partial charge in [-0.2, -0.15) is 5.26 Å². The van der Waals surface area contributed by atoms with Crippen molar-refractivity contribution in [2.24, 2.45) is 0 Å². The van der Waals surface area contributed by atoms with E-state index in [4.69, 9.17) is 10.00 Å². The molecule has 0 aliphatic heterocycles. The van der Waals surface area contributed by atoms with Crippen LogP contribution in [-0.4, -0.2) is 23.8 Å². The Morgan fingerprint density at radius 3 is 2.10 bits per heavy atom. The number of amides is 1. The lowest BCUT2D eigenvalue weighted by Crippen LogP contribution is -2.30. The lowest BCUT2D eigenvalue weighted by Gasteiger charge is -2.15. The molecule has 3 rings (SSSR count). The number of benzene rings is 3. The second-order valence-electron chi connectivity index (χ2n) is 6.47. The topological polar surface area (TPSA) is 96.3 Å². The van der Waals surface area contributed by atoms with Crippen molar-refractivity contribution < 1.29 is 19.1 Å². The van der Waals surface area contributed by atoms with Gasteiger partial charge in [0.15, 0.2) is 11.9 Å². The van der Waals surface area contributed by atoms with Crippen molar-refractivity contribution in [3.05, 3.63) is 101 Å². The Kier molecular flexibility index (Phi) is 6.36.